The molecule has 0 spiro atoms. The van der Waals surface area contributed by atoms with Crippen LogP contribution in [0.4, 0.5) is 10.6 Å². The Kier molecular flexibility index (Phi) is 5.17. The molecule has 0 aliphatic carbocycles. The maximum absolute atomic E-state index is 13.6. The standard InChI is InChI=1S/C23H22N6O4/c24-21-20-19(9-11-26-21)28(16-3-2-12-27(14-16)23(31)32)22(30)29(20)15-5-7-17(8-6-15)33-18-4-1-10-25-13-18/h1,4-11,13,16H,2-3,12,14H2,(H2,24,26)(H,31,32)/t16-/m1/s1. The molecule has 33 heavy (non-hydrogen) atoms. The fraction of sp³-hybridized carbons (Fsp3) is 0.217. The molecule has 1 saturated heterocycles. The molecule has 1 fully saturated rings. The highest BCUT2D eigenvalue weighted by Gasteiger charge is 2.29. The van der Waals surface area contributed by atoms with Crippen LogP contribution < -0.4 is 16.2 Å². The summed E-state index contributed by atoms with van der Waals surface area (Å²) in [6, 6.07) is 12.1. The highest BCUT2D eigenvalue weighted by Crippen LogP contribution is 2.29. The number of nitrogens with zero attached hydrogens (tertiary/aromatic N) is 5. The van der Waals surface area contributed by atoms with Crippen LogP contribution in [-0.2, 0) is 0 Å². The summed E-state index contributed by atoms with van der Waals surface area (Å²) >= 11 is 0. The number of hydrogen-bond acceptors (Lipinski definition) is 6. The van der Waals surface area contributed by atoms with Crippen LogP contribution in [0.1, 0.15) is 18.9 Å². The monoisotopic (exact) mass is 446 g/mol. The van der Waals surface area contributed by atoms with Crippen LogP contribution in [0, 0.1) is 0 Å². The molecule has 168 valence electrons. The van der Waals surface area contributed by atoms with E-state index in [0.717, 1.165) is 0 Å². The molecule has 1 amide bonds. The Hall–Kier alpha value is -4.34. The number of nitrogens with two attached hydrogens (primary N) is 1. The zero-order valence-electron chi connectivity index (χ0n) is 17.7. The molecular weight excluding hydrogens is 424 g/mol. The van der Waals surface area contributed by atoms with Crippen molar-refractivity contribution in [1.29, 1.82) is 0 Å². The summed E-state index contributed by atoms with van der Waals surface area (Å²) in [5, 5.41) is 9.43. The van der Waals surface area contributed by atoms with Crippen LogP contribution in [0.25, 0.3) is 16.7 Å². The average Bonchev–Trinajstić information content (AvgIpc) is 3.13. The number of imidazole rings is 1. The van der Waals surface area contributed by atoms with Gasteiger partial charge in [-0.1, -0.05) is 0 Å². The van der Waals surface area contributed by atoms with Crippen molar-refractivity contribution in [2.75, 3.05) is 18.8 Å². The number of hydrogen-bond donors (Lipinski definition) is 2. The summed E-state index contributed by atoms with van der Waals surface area (Å²) in [7, 11) is 0. The molecule has 1 atom stereocenters. The molecule has 4 heterocycles. The van der Waals surface area contributed by atoms with Crippen LogP contribution in [0.3, 0.4) is 0 Å². The second-order valence-electron chi connectivity index (χ2n) is 7.86. The number of piperidine rings is 1. The summed E-state index contributed by atoms with van der Waals surface area (Å²) < 4.78 is 8.95. The topological polar surface area (TPSA) is 128 Å². The van der Waals surface area contributed by atoms with E-state index in [9.17, 15) is 14.7 Å². The van der Waals surface area contributed by atoms with Gasteiger partial charge < -0.3 is 20.5 Å². The molecule has 3 aromatic heterocycles. The number of ether oxygens (including phenoxy) is 1. The first-order valence-corrected chi connectivity index (χ1v) is 10.6. The molecule has 1 aliphatic heterocycles. The lowest BCUT2D eigenvalue weighted by atomic mass is 10.1. The minimum absolute atomic E-state index is 0.227. The molecule has 0 bridgehead atoms. The van der Waals surface area contributed by atoms with Crippen molar-refractivity contribution in [3.8, 4) is 17.2 Å². The van der Waals surface area contributed by atoms with Gasteiger partial charge in [-0.15, -0.1) is 0 Å². The SMILES string of the molecule is Nc1nccc2c1n(-c1ccc(Oc3cccnc3)cc1)c(=O)n2[C@@H]1CCCN(C(=O)O)C1. The van der Waals surface area contributed by atoms with E-state index in [2.05, 4.69) is 9.97 Å². The van der Waals surface area contributed by atoms with Gasteiger partial charge in [0.1, 0.15) is 22.8 Å². The van der Waals surface area contributed by atoms with Crippen molar-refractivity contribution in [3.63, 3.8) is 0 Å². The van der Waals surface area contributed by atoms with Gasteiger partial charge in [0.2, 0.25) is 0 Å². The predicted octanol–water partition coefficient (Wildman–Crippen LogP) is 3.27. The molecule has 10 nitrogen and oxygen atoms in total. The molecule has 5 rings (SSSR count). The predicted molar refractivity (Wildman–Crippen MR) is 122 cm³/mol. The lowest BCUT2D eigenvalue weighted by Gasteiger charge is -2.31. The first-order chi connectivity index (χ1) is 16.0. The van der Waals surface area contributed by atoms with Crippen molar-refractivity contribution < 1.29 is 14.6 Å². The first kappa shape index (κ1) is 20.6. The van der Waals surface area contributed by atoms with Gasteiger partial charge in [-0.05, 0) is 55.3 Å². The minimum Gasteiger partial charge on any atom is -0.465 e. The number of carboxylic acid groups (broad SMARTS) is 1. The number of benzene rings is 1. The van der Waals surface area contributed by atoms with E-state index in [1.165, 1.54) is 9.47 Å². The number of amides is 1. The Bertz CT molecular complexity index is 1360. The number of carbonyl (C=O) groups is 1. The molecule has 4 aromatic rings. The second-order valence-corrected chi connectivity index (χ2v) is 7.86. The van der Waals surface area contributed by atoms with E-state index in [4.69, 9.17) is 10.5 Å². The molecule has 1 aromatic carbocycles. The van der Waals surface area contributed by atoms with Crippen LogP contribution in [-0.4, -0.2) is 48.3 Å². The van der Waals surface area contributed by atoms with E-state index >= 15 is 0 Å². The lowest BCUT2D eigenvalue weighted by molar-refractivity contribution is 0.121. The fourth-order valence-electron chi connectivity index (χ4n) is 4.33. The number of anilines is 1. The minimum atomic E-state index is -0.984. The van der Waals surface area contributed by atoms with Gasteiger partial charge in [0.05, 0.1) is 23.4 Å². The van der Waals surface area contributed by atoms with Crippen molar-refractivity contribution in [2.24, 2.45) is 0 Å². The van der Waals surface area contributed by atoms with E-state index in [-0.39, 0.29) is 24.1 Å². The largest absolute Gasteiger partial charge is 0.465 e. The number of rotatable bonds is 4. The molecule has 0 radical (unpaired) electrons. The summed E-state index contributed by atoms with van der Waals surface area (Å²) in [5.41, 5.74) is 7.63. The summed E-state index contributed by atoms with van der Waals surface area (Å²) in [6.07, 6.45) is 5.23. The van der Waals surface area contributed by atoms with Crippen LogP contribution in [0.2, 0.25) is 0 Å². The molecule has 0 saturated carbocycles. The normalized spacial score (nSPS) is 16.1. The third-order valence-corrected chi connectivity index (χ3v) is 5.81. The highest BCUT2D eigenvalue weighted by molar-refractivity contribution is 5.87. The van der Waals surface area contributed by atoms with Crippen molar-refractivity contribution >= 4 is 22.9 Å². The van der Waals surface area contributed by atoms with Gasteiger partial charge in [-0.2, -0.15) is 0 Å². The van der Waals surface area contributed by atoms with E-state index in [0.29, 0.717) is 47.6 Å². The average molecular weight is 446 g/mol. The Morgan fingerprint density at radius 3 is 2.67 bits per heavy atom. The van der Waals surface area contributed by atoms with Crippen molar-refractivity contribution in [1.82, 2.24) is 24.0 Å². The Balaban J connectivity index is 1.57. The summed E-state index contributed by atoms with van der Waals surface area (Å²) in [6.45, 7) is 0.704. The number of fused-ring (bicyclic) bond motifs is 1. The molecule has 3 N–H and O–H groups in total. The van der Waals surface area contributed by atoms with Gasteiger partial charge in [0, 0.05) is 25.5 Å². The van der Waals surface area contributed by atoms with Gasteiger partial charge in [-0.3, -0.25) is 14.1 Å². The molecule has 10 heteroatoms. The first-order valence-electron chi connectivity index (χ1n) is 10.6. The van der Waals surface area contributed by atoms with E-state index in [1.807, 2.05) is 0 Å². The lowest BCUT2D eigenvalue weighted by Crippen LogP contribution is -2.42. The molecule has 0 unspecified atom stereocenters. The maximum atomic E-state index is 13.6. The number of aromatic nitrogens is 4. The van der Waals surface area contributed by atoms with Gasteiger partial charge in [0.15, 0.2) is 0 Å². The quantitative estimate of drug-likeness (QED) is 0.492. The van der Waals surface area contributed by atoms with Gasteiger partial charge in [0.25, 0.3) is 0 Å². The number of likely N-dealkylation sites (tertiary alicyclic amines) is 1. The van der Waals surface area contributed by atoms with Crippen LogP contribution in [0.5, 0.6) is 11.5 Å². The second kappa shape index (κ2) is 8.30. The van der Waals surface area contributed by atoms with E-state index < -0.39 is 6.09 Å². The zero-order valence-corrected chi connectivity index (χ0v) is 17.7. The third kappa shape index (κ3) is 3.75. The van der Waals surface area contributed by atoms with Gasteiger partial charge >= 0.3 is 11.8 Å². The molecular formula is C23H22N6O4. The Morgan fingerprint density at radius 2 is 1.94 bits per heavy atom. The van der Waals surface area contributed by atoms with Crippen LogP contribution >= 0.6 is 0 Å². The van der Waals surface area contributed by atoms with Gasteiger partial charge in [-0.25, -0.2) is 14.6 Å². The van der Waals surface area contributed by atoms with E-state index in [1.54, 1.807) is 65.6 Å². The Morgan fingerprint density at radius 1 is 1.12 bits per heavy atom. The highest BCUT2D eigenvalue weighted by atomic mass is 16.5. The third-order valence-electron chi connectivity index (χ3n) is 5.81. The van der Waals surface area contributed by atoms with Crippen LogP contribution in [0.15, 0.2) is 65.8 Å². The maximum Gasteiger partial charge on any atom is 0.407 e. The number of pyridine rings is 2. The number of nitrogen functional groups attached to an aromatic ring is 1. The summed E-state index contributed by atoms with van der Waals surface area (Å²) in [4.78, 5) is 34.7. The fourth-order valence-corrected chi connectivity index (χ4v) is 4.33. The smallest absolute Gasteiger partial charge is 0.407 e. The zero-order chi connectivity index (χ0) is 22.9. The van der Waals surface area contributed by atoms with Crippen molar-refractivity contribution in [2.45, 2.75) is 18.9 Å². The molecule has 1 aliphatic rings. The Labute approximate surface area is 188 Å². The van der Waals surface area contributed by atoms with Crippen molar-refractivity contribution in [3.05, 3.63) is 71.5 Å². The summed E-state index contributed by atoms with van der Waals surface area (Å²) in [5.74, 6) is 1.43.